The van der Waals surface area contributed by atoms with Gasteiger partial charge in [-0.25, -0.2) is 4.79 Å². The van der Waals surface area contributed by atoms with Gasteiger partial charge in [-0.15, -0.1) is 0 Å². The van der Waals surface area contributed by atoms with E-state index in [1.807, 2.05) is 0 Å². The Morgan fingerprint density at radius 2 is 2.14 bits per heavy atom. The van der Waals surface area contributed by atoms with Gasteiger partial charge in [-0.2, -0.15) is 0 Å². The molecule has 0 saturated carbocycles. The van der Waals surface area contributed by atoms with Crippen LogP contribution in [0.5, 0.6) is 0 Å². The molecule has 1 aliphatic rings. The Morgan fingerprint density at radius 1 is 1.36 bits per heavy atom. The third kappa shape index (κ3) is 4.20. The summed E-state index contributed by atoms with van der Waals surface area (Å²) in [5.74, 6) is -1.49. The van der Waals surface area contributed by atoms with Crippen LogP contribution in [0.3, 0.4) is 0 Å². The van der Waals surface area contributed by atoms with Crippen molar-refractivity contribution < 1.29 is 19.1 Å². The fourth-order valence-electron chi connectivity index (χ4n) is 1.21. The summed E-state index contributed by atoms with van der Waals surface area (Å²) in [7, 11) is -1.59. The van der Waals surface area contributed by atoms with Gasteiger partial charge in [0, 0.05) is 18.8 Å². The second-order valence-electron chi connectivity index (χ2n) is 3.04. The summed E-state index contributed by atoms with van der Waals surface area (Å²) in [5.41, 5.74) is 0. The number of carboxylic acids is 1. The highest BCUT2D eigenvalue weighted by Gasteiger charge is 2.17. The Kier molecular flexibility index (Phi) is 4.34. The van der Waals surface area contributed by atoms with Gasteiger partial charge in [0.1, 0.15) is 0 Å². The van der Waals surface area contributed by atoms with Crippen molar-refractivity contribution in [3.8, 4) is 0 Å². The Hall–Kier alpha value is -1.14. The van der Waals surface area contributed by atoms with Crippen LogP contribution in [0.2, 0.25) is 6.04 Å². The van der Waals surface area contributed by atoms with E-state index in [1.165, 1.54) is 0 Å². The predicted molar refractivity (Wildman–Crippen MR) is 52.1 cm³/mol. The van der Waals surface area contributed by atoms with Gasteiger partial charge in [0.05, 0.1) is 0 Å². The summed E-state index contributed by atoms with van der Waals surface area (Å²) in [6.45, 7) is 0.708. The molecule has 0 bridgehead atoms. The Morgan fingerprint density at radius 3 is 2.71 bits per heavy atom. The topological polar surface area (TPSA) is 75.6 Å². The van der Waals surface area contributed by atoms with Crippen LogP contribution in [0, 0.1) is 0 Å². The van der Waals surface area contributed by atoms with Gasteiger partial charge in [0.15, 0.2) is 0 Å². The molecule has 1 heterocycles. The van der Waals surface area contributed by atoms with E-state index in [1.54, 1.807) is 0 Å². The number of carboxylic acid groups (broad SMARTS) is 1. The predicted octanol–water partition coefficient (Wildman–Crippen LogP) is -0.226. The number of rotatable bonds is 3. The van der Waals surface area contributed by atoms with Crippen molar-refractivity contribution in [1.29, 1.82) is 0 Å². The first kappa shape index (κ1) is 10.9. The van der Waals surface area contributed by atoms with Gasteiger partial charge in [0.2, 0.25) is 5.91 Å². The van der Waals surface area contributed by atoms with Crippen LogP contribution in [0.1, 0.15) is 12.8 Å². The van der Waals surface area contributed by atoms with E-state index < -0.39 is 15.2 Å². The molecule has 6 heteroatoms. The molecule has 14 heavy (non-hydrogen) atoms. The molecule has 1 unspecified atom stereocenters. The van der Waals surface area contributed by atoms with Crippen molar-refractivity contribution in [2.45, 2.75) is 18.9 Å². The van der Waals surface area contributed by atoms with Crippen LogP contribution in [-0.4, -0.2) is 32.8 Å². The van der Waals surface area contributed by atoms with E-state index in [2.05, 4.69) is 4.98 Å². The molecular formula is C8H13NO4Si. The quantitative estimate of drug-likeness (QED) is 0.504. The summed E-state index contributed by atoms with van der Waals surface area (Å²) in [5, 5.41) is 8.28. The van der Waals surface area contributed by atoms with Crippen LogP contribution >= 0.6 is 0 Å². The van der Waals surface area contributed by atoms with Gasteiger partial charge < -0.3 is 14.5 Å². The lowest BCUT2D eigenvalue weighted by atomic mass is 10.4. The average Bonchev–Trinajstić information content (AvgIpc) is 2.16. The van der Waals surface area contributed by atoms with Crippen molar-refractivity contribution >= 4 is 21.1 Å². The fourth-order valence-corrected chi connectivity index (χ4v) is 3.13. The second-order valence-corrected chi connectivity index (χ2v) is 5.21. The number of hydrogen-bond acceptors (Lipinski definition) is 3. The minimum Gasteiger partial charge on any atom is -0.478 e. The summed E-state index contributed by atoms with van der Waals surface area (Å²) in [6.07, 6.45) is 3.98. The third-order valence-electron chi connectivity index (χ3n) is 1.86. The number of hydrogen-bond donors (Lipinski definition) is 2. The molecule has 1 aliphatic heterocycles. The Labute approximate surface area is 83.6 Å². The molecular weight excluding hydrogens is 202 g/mol. The van der Waals surface area contributed by atoms with Crippen LogP contribution in [0.4, 0.5) is 0 Å². The molecule has 1 amide bonds. The average molecular weight is 215 g/mol. The van der Waals surface area contributed by atoms with Crippen LogP contribution in [0.25, 0.3) is 0 Å². The SMILES string of the molecule is O=C(O)C=CC(=O)N[SiH]1CCCCO1. The zero-order chi connectivity index (χ0) is 10.4. The van der Waals surface area contributed by atoms with E-state index in [9.17, 15) is 9.59 Å². The number of aliphatic carboxylic acids is 1. The molecule has 0 radical (unpaired) electrons. The Balaban J connectivity index is 2.28. The highest BCUT2D eigenvalue weighted by Crippen LogP contribution is 2.08. The van der Waals surface area contributed by atoms with E-state index in [0.717, 1.165) is 31.0 Å². The van der Waals surface area contributed by atoms with Gasteiger partial charge >= 0.3 is 5.97 Å². The highest BCUT2D eigenvalue weighted by atomic mass is 28.3. The van der Waals surface area contributed by atoms with Gasteiger partial charge in [0.25, 0.3) is 9.20 Å². The van der Waals surface area contributed by atoms with E-state index in [4.69, 9.17) is 9.53 Å². The lowest BCUT2D eigenvalue weighted by Crippen LogP contribution is -2.42. The molecule has 78 valence electrons. The highest BCUT2D eigenvalue weighted by molar-refractivity contribution is 6.52. The lowest BCUT2D eigenvalue weighted by molar-refractivity contribution is -0.131. The number of nitrogens with one attached hydrogen (secondary N) is 1. The van der Waals surface area contributed by atoms with Crippen molar-refractivity contribution in [3.63, 3.8) is 0 Å². The molecule has 1 atom stereocenters. The Bertz CT molecular complexity index is 248. The molecule has 0 aromatic rings. The van der Waals surface area contributed by atoms with Gasteiger partial charge in [-0.05, 0) is 18.9 Å². The molecule has 1 saturated heterocycles. The van der Waals surface area contributed by atoms with Gasteiger partial charge in [-0.3, -0.25) is 4.79 Å². The smallest absolute Gasteiger partial charge is 0.328 e. The number of carbonyl (C=O) groups is 2. The van der Waals surface area contributed by atoms with E-state index >= 15 is 0 Å². The summed E-state index contributed by atoms with van der Waals surface area (Å²) < 4.78 is 5.38. The maximum Gasteiger partial charge on any atom is 0.328 e. The third-order valence-corrected chi connectivity index (χ3v) is 4.04. The lowest BCUT2D eigenvalue weighted by Gasteiger charge is -2.20. The van der Waals surface area contributed by atoms with Crippen molar-refractivity contribution in [3.05, 3.63) is 12.2 Å². The second kappa shape index (κ2) is 5.56. The van der Waals surface area contributed by atoms with Gasteiger partial charge in [-0.1, -0.05) is 0 Å². The first-order valence-corrected chi connectivity index (χ1v) is 6.38. The molecule has 5 nitrogen and oxygen atoms in total. The molecule has 0 aromatic heterocycles. The fraction of sp³-hybridized carbons (Fsp3) is 0.500. The first-order valence-electron chi connectivity index (χ1n) is 4.51. The van der Waals surface area contributed by atoms with E-state index in [-0.39, 0.29) is 5.91 Å². The van der Waals surface area contributed by atoms with Crippen LogP contribution in [0.15, 0.2) is 12.2 Å². The zero-order valence-corrected chi connectivity index (χ0v) is 8.89. The molecule has 1 fully saturated rings. The van der Waals surface area contributed by atoms with Crippen molar-refractivity contribution in [1.82, 2.24) is 4.98 Å². The monoisotopic (exact) mass is 215 g/mol. The number of amides is 1. The maximum atomic E-state index is 11.1. The summed E-state index contributed by atoms with van der Waals surface area (Å²) in [6, 6.07) is 0.923. The van der Waals surface area contributed by atoms with Crippen molar-refractivity contribution in [2.24, 2.45) is 0 Å². The standard InChI is InChI=1S/C8H13NO4Si/c10-7(3-4-8(11)12)9-14-6-2-1-5-13-14/h3-4,14H,1-2,5-6H2,(H,9,10)(H,11,12). The first-order chi connectivity index (χ1) is 6.68. The normalized spacial score (nSPS) is 22.1. The molecule has 0 aliphatic carbocycles. The molecule has 2 N–H and O–H groups in total. The van der Waals surface area contributed by atoms with Crippen LogP contribution in [-0.2, 0) is 14.0 Å². The van der Waals surface area contributed by atoms with E-state index in [0.29, 0.717) is 6.61 Å². The summed E-state index contributed by atoms with van der Waals surface area (Å²) in [4.78, 5) is 23.9. The number of carbonyl (C=O) groups excluding carboxylic acids is 1. The minimum atomic E-state index is -1.59. The van der Waals surface area contributed by atoms with Crippen molar-refractivity contribution in [2.75, 3.05) is 6.61 Å². The molecule has 0 aromatic carbocycles. The zero-order valence-electron chi connectivity index (χ0n) is 7.73. The molecule has 1 rings (SSSR count). The minimum absolute atomic E-state index is 0.369. The van der Waals surface area contributed by atoms with Crippen LogP contribution < -0.4 is 4.98 Å². The summed E-state index contributed by atoms with van der Waals surface area (Å²) >= 11 is 0. The largest absolute Gasteiger partial charge is 0.478 e. The molecule has 0 spiro atoms. The maximum absolute atomic E-state index is 11.1.